The number of aromatic nitrogens is 1. The lowest BCUT2D eigenvalue weighted by Gasteiger charge is -1.99. The number of benzene rings is 1. The van der Waals surface area contributed by atoms with Gasteiger partial charge in [0.25, 0.3) is 0 Å². The van der Waals surface area contributed by atoms with Crippen LogP contribution in [0.25, 0.3) is 0 Å². The molecule has 0 N–H and O–H groups in total. The highest BCUT2D eigenvalue weighted by Crippen LogP contribution is 2.22. The first-order valence-corrected chi connectivity index (χ1v) is 6.34. The molecule has 1 nitrogen and oxygen atoms in total. The molecule has 0 atom stereocenters. The minimum atomic E-state index is 0.965. The summed E-state index contributed by atoms with van der Waals surface area (Å²) >= 11 is 3.48. The number of rotatable bonds is 3. The Hall–Kier alpha value is -0.800. The summed E-state index contributed by atoms with van der Waals surface area (Å²) in [4.78, 5) is 5.56. The molecule has 1 aromatic carbocycles. The van der Waals surface area contributed by atoms with E-state index in [1.807, 2.05) is 17.3 Å². The van der Waals surface area contributed by atoms with Gasteiger partial charge in [-0.3, -0.25) is 0 Å². The smallest absolute Gasteiger partial charge is 0.0795 e. The lowest BCUT2D eigenvalue weighted by atomic mass is 10.2. The number of thiazole rings is 1. The number of hydrogen-bond donors (Lipinski definition) is 0. The van der Waals surface area contributed by atoms with Crippen LogP contribution in [0.15, 0.2) is 40.1 Å². The monoisotopic (exact) mass is 221 g/mol. The van der Waals surface area contributed by atoms with Crippen LogP contribution in [-0.4, -0.2) is 4.98 Å². The molecule has 14 heavy (non-hydrogen) atoms. The van der Waals surface area contributed by atoms with E-state index in [-0.39, 0.29) is 0 Å². The Morgan fingerprint density at radius 2 is 2.07 bits per heavy atom. The van der Waals surface area contributed by atoms with Gasteiger partial charge >= 0.3 is 0 Å². The maximum Gasteiger partial charge on any atom is 0.0795 e. The Bertz CT molecular complexity index is 378. The molecule has 0 aliphatic heterocycles. The maximum absolute atomic E-state index is 4.25. The van der Waals surface area contributed by atoms with Crippen molar-refractivity contribution in [2.75, 3.05) is 0 Å². The zero-order valence-electron chi connectivity index (χ0n) is 7.93. The molecule has 0 bridgehead atoms. The van der Waals surface area contributed by atoms with Crippen molar-refractivity contribution in [1.82, 2.24) is 4.98 Å². The SMILES string of the molecule is Cc1ccc(SCc2cscn2)cc1. The van der Waals surface area contributed by atoms with E-state index in [0.717, 1.165) is 5.75 Å². The van der Waals surface area contributed by atoms with Crippen LogP contribution in [0.1, 0.15) is 11.3 Å². The Labute approximate surface area is 92.2 Å². The molecule has 0 amide bonds. The molecule has 0 radical (unpaired) electrons. The summed E-state index contributed by atoms with van der Waals surface area (Å²) < 4.78 is 0. The van der Waals surface area contributed by atoms with Crippen LogP contribution in [0, 0.1) is 6.92 Å². The third kappa shape index (κ3) is 2.59. The number of thioether (sulfide) groups is 1. The predicted molar refractivity (Wildman–Crippen MR) is 62.9 cm³/mol. The van der Waals surface area contributed by atoms with E-state index >= 15 is 0 Å². The minimum Gasteiger partial charge on any atom is -0.249 e. The van der Waals surface area contributed by atoms with Gasteiger partial charge in [0.2, 0.25) is 0 Å². The van der Waals surface area contributed by atoms with Crippen LogP contribution in [0.5, 0.6) is 0 Å². The maximum atomic E-state index is 4.25. The van der Waals surface area contributed by atoms with Crippen molar-refractivity contribution in [3.05, 3.63) is 46.4 Å². The fourth-order valence-electron chi connectivity index (χ4n) is 1.10. The topological polar surface area (TPSA) is 12.9 Å². The first kappa shape index (κ1) is 9.74. The molecule has 0 saturated carbocycles. The van der Waals surface area contributed by atoms with Gasteiger partial charge in [-0.25, -0.2) is 4.98 Å². The molecule has 0 saturated heterocycles. The molecule has 1 aromatic heterocycles. The van der Waals surface area contributed by atoms with E-state index in [2.05, 4.69) is 41.6 Å². The second-order valence-electron chi connectivity index (χ2n) is 3.08. The molecular weight excluding hydrogens is 210 g/mol. The fraction of sp³-hybridized carbons (Fsp3) is 0.182. The van der Waals surface area contributed by atoms with Crippen LogP contribution in [-0.2, 0) is 5.75 Å². The van der Waals surface area contributed by atoms with Crippen LogP contribution in [0.3, 0.4) is 0 Å². The molecule has 2 rings (SSSR count). The van der Waals surface area contributed by atoms with E-state index < -0.39 is 0 Å². The van der Waals surface area contributed by atoms with E-state index in [1.165, 1.54) is 16.2 Å². The van der Waals surface area contributed by atoms with Gasteiger partial charge in [-0.15, -0.1) is 23.1 Å². The van der Waals surface area contributed by atoms with Crippen LogP contribution >= 0.6 is 23.1 Å². The minimum absolute atomic E-state index is 0.965. The predicted octanol–water partition coefficient (Wildman–Crippen LogP) is 3.74. The summed E-state index contributed by atoms with van der Waals surface area (Å²) in [5.74, 6) is 0.965. The molecule has 0 aliphatic rings. The van der Waals surface area contributed by atoms with Crippen molar-refractivity contribution < 1.29 is 0 Å². The third-order valence-electron chi connectivity index (χ3n) is 1.89. The van der Waals surface area contributed by atoms with E-state index in [9.17, 15) is 0 Å². The first-order chi connectivity index (χ1) is 6.84. The van der Waals surface area contributed by atoms with E-state index in [0.29, 0.717) is 0 Å². The lowest BCUT2D eigenvalue weighted by molar-refractivity contribution is 1.23. The molecule has 0 aliphatic carbocycles. The highest BCUT2D eigenvalue weighted by atomic mass is 32.2. The quantitative estimate of drug-likeness (QED) is 0.732. The van der Waals surface area contributed by atoms with Gasteiger partial charge in [0.15, 0.2) is 0 Å². The summed E-state index contributed by atoms with van der Waals surface area (Å²) in [7, 11) is 0. The molecule has 72 valence electrons. The molecule has 1 heterocycles. The first-order valence-electron chi connectivity index (χ1n) is 4.41. The molecule has 2 aromatic rings. The van der Waals surface area contributed by atoms with E-state index in [4.69, 9.17) is 0 Å². The average Bonchev–Trinajstić information content (AvgIpc) is 2.70. The highest BCUT2D eigenvalue weighted by Gasteiger charge is 1.97. The second kappa shape index (κ2) is 4.62. The van der Waals surface area contributed by atoms with Crippen molar-refractivity contribution in [3.8, 4) is 0 Å². The second-order valence-corrected chi connectivity index (χ2v) is 4.85. The Balaban J connectivity index is 1.95. The summed E-state index contributed by atoms with van der Waals surface area (Å²) in [6, 6.07) is 8.60. The zero-order valence-corrected chi connectivity index (χ0v) is 9.57. The van der Waals surface area contributed by atoms with Crippen LogP contribution in [0.2, 0.25) is 0 Å². The summed E-state index contributed by atoms with van der Waals surface area (Å²) in [5.41, 5.74) is 4.36. The average molecular weight is 221 g/mol. The van der Waals surface area contributed by atoms with Gasteiger partial charge in [0, 0.05) is 16.0 Å². The van der Waals surface area contributed by atoms with Gasteiger partial charge < -0.3 is 0 Å². The normalized spacial score (nSPS) is 10.4. The van der Waals surface area contributed by atoms with Crippen molar-refractivity contribution in [1.29, 1.82) is 0 Å². The standard InChI is InChI=1S/C11H11NS2/c1-9-2-4-11(5-3-9)14-7-10-6-13-8-12-10/h2-6,8H,7H2,1H3. The van der Waals surface area contributed by atoms with Crippen molar-refractivity contribution in [3.63, 3.8) is 0 Å². The number of hydrogen-bond acceptors (Lipinski definition) is 3. The van der Waals surface area contributed by atoms with Gasteiger partial charge in [-0.1, -0.05) is 17.7 Å². The van der Waals surface area contributed by atoms with Gasteiger partial charge in [0.1, 0.15) is 0 Å². The summed E-state index contributed by atoms with van der Waals surface area (Å²) in [6.45, 7) is 2.11. The van der Waals surface area contributed by atoms with Crippen LogP contribution < -0.4 is 0 Å². The molecule has 3 heteroatoms. The van der Waals surface area contributed by atoms with Crippen molar-refractivity contribution in [2.45, 2.75) is 17.6 Å². The molecular formula is C11H11NS2. The third-order valence-corrected chi connectivity index (χ3v) is 3.57. The Kier molecular flexibility index (Phi) is 3.22. The van der Waals surface area contributed by atoms with Gasteiger partial charge in [-0.05, 0) is 19.1 Å². The fourth-order valence-corrected chi connectivity index (χ4v) is 2.57. The van der Waals surface area contributed by atoms with Crippen LogP contribution in [0.4, 0.5) is 0 Å². The van der Waals surface area contributed by atoms with Crippen molar-refractivity contribution >= 4 is 23.1 Å². The van der Waals surface area contributed by atoms with Gasteiger partial charge in [-0.2, -0.15) is 0 Å². The zero-order chi connectivity index (χ0) is 9.80. The highest BCUT2D eigenvalue weighted by molar-refractivity contribution is 7.98. The largest absolute Gasteiger partial charge is 0.249 e. The van der Waals surface area contributed by atoms with Gasteiger partial charge in [0.05, 0.1) is 11.2 Å². The summed E-state index contributed by atoms with van der Waals surface area (Å²) in [6.07, 6.45) is 0. The Morgan fingerprint density at radius 3 is 2.71 bits per heavy atom. The molecule has 0 spiro atoms. The Morgan fingerprint density at radius 1 is 1.29 bits per heavy atom. The number of nitrogens with zero attached hydrogens (tertiary/aromatic N) is 1. The van der Waals surface area contributed by atoms with E-state index in [1.54, 1.807) is 11.3 Å². The lowest BCUT2D eigenvalue weighted by Crippen LogP contribution is -1.79. The molecule has 0 unspecified atom stereocenters. The number of aryl methyl sites for hydroxylation is 1. The summed E-state index contributed by atoms with van der Waals surface area (Å²) in [5, 5.41) is 2.10. The van der Waals surface area contributed by atoms with Crippen molar-refractivity contribution in [2.24, 2.45) is 0 Å². The molecule has 0 fully saturated rings.